The van der Waals surface area contributed by atoms with E-state index in [4.69, 9.17) is 33.0 Å². The molecule has 15 nitrogen and oxygen atoms in total. The molecule has 0 spiro atoms. The topological polar surface area (TPSA) is 144 Å². The zero-order chi connectivity index (χ0) is 45.1. The summed E-state index contributed by atoms with van der Waals surface area (Å²) in [5.41, 5.74) is 2.22. The van der Waals surface area contributed by atoms with E-state index >= 15 is 0 Å². The van der Waals surface area contributed by atoms with E-state index in [9.17, 15) is 5.26 Å². The van der Waals surface area contributed by atoms with Crippen LogP contribution in [0.4, 0.5) is 11.8 Å². The molecule has 0 N–H and O–H groups in total. The van der Waals surface area contributed by atoms with E-state index in [1.165, 1.54) is 0 Å². The zero-order valence-corrected chi connectivity index (χ0v) is 38.8. The van der Waals surface area contributed by atoms with Gasteiger partial charge in [0.15, 0.2) is 5.82 Å². The number of hydrogen-bond acceptors (Lipinski definition) is 12. The second kappa shape index (κ2) is 21.8. The third-order valence-corrected chi connectivity index (χ3v) is 12.5. The molecule has 0 amide bonds. The summed E-state index contributed by atoms with van der Waals surface area (Å²) in [7, 11) is 9.25. The van der Waals surface area contributed by atoms with Gasteiger partial charge in [0.25, 0.3) is 14.5 Å². The van der Waals surface area contributed by atoms with E-state index in [2.05, 4.69) is 65.5 Å². The summed E-state index contributed by atoms with van der Waals surface area (Å²) in [6.07, 6.45) is 4.32. The minimum absolute atomic E-state index is 0.0919. The lowest BCUT2D eigenvalue weighted by atomic mass is 9.80. The molecule has 1 saturated heterocycles. The molecule has 3 aromatic carbocycles. The highest BCUT2D eigenvalue weighted by Gasteiger charge is 2.45. The number of benzene rings is 3. The lowest BCUT2D eigenvalue weighted by Gasteiger charge is -2.39. The van der Waals surface area contributed by atoms with E-state index in [0.717, 1.165) is 33.6 Å². The molecule has 1 aliphatic rings. The molecule has 16 heteroatoms. The molecule has 6 rings (SSSR count). The Kier molecular flexibility index (Phi) is 16.2. The van der Waals surface area contributed by atoms with Crippen LogP contribution in [0.2, 0.25) is 0 Å². The lowest BCUT2D eigenvalue weighted by Crippen LogP contribution is -2.39. The molecule has 1 unspecified atom stereocenters. The lowest BCUT2D eigenvalue weighted by molar-refractivity contribution is -0.0911. The molecule has 0 radical (unpaired) electrons. The Hall–Kier alpha value is -5.46. The first-order chi connectivity index (χ1) is 30.4. The van der Waals surface area contributed by atoms with E-state index in [1.54, 1.807) is 26.9 Å². The molecular formula is C47H60N9O6P. The summed E-state index contributed by atoms with van der Waals surface area (Å²) in [6.45, 7) is 8.83. The first-order valence-corrected chi connectivity index (χ1v) is 22.2. The summed E-state index contributed by atoms with van der Waals surface area (Å²) < 4.78 is 43.5. The average Bonchev–Trinajstić information content (AvgIpc) is 3.89. The van der Waals surface area contributed by atoms with Crippen molar-refractivity contribution in [3.05, 3.63) is 108 Å². The predicted octanol–water partition coefficient (Wildman–Crippen LogP) is 8.85. The van der Waals surface area contributed by atoms with Crippen molar-refractivity contribution in [1.82, 2.24) is 29.0 Å². The Labute approximate surface area is 372 Å². The molecule has 0 saturated carbocycles. The number of hydrogen-bond donors (Lipinski definition) is 0. The minimum Gasteiger partial charge on any atom is -0.497 e. The minimum atomic E-state index is -1.64. The number of nitriles is 1. The van der Waals surface area contributed by atoms with Crippen molar-refractivity contribution >= 4 is 44.0 Å². The van der Waals surface area contributed by atoms with Crippen molar-refractivity contribution in [2.24, 2.45) is 9.98 Å². The number of nitrogens with zero attached hydrogens (tertiary/aromatic N) is 9. The number of aromatic nitrogens is 3. The van der Waals surface area contributed by atoms with E-state index in [1.807, 2.05) is 122 Å². The Balaban J connectivity index is 1.47. The SMILES string of the molecule is COc1ccc(C(OC[C@H]2O[C@@H](n3ccc4c(/N=C/N(C)C)nc(/N=C/N(C)C)nc43)C[C@@H]2OP(OCCC#N)N(C(C)C)C(C)C)(c2ccccc2)c2ccc(OC)cc2)cc1. The van der Waals surface area contributed by atoms with Crippen LogP contribution in [0, 0.1) is 11.3 Å². The Bertz CT molecular complexity index is 2260. The Morgan fingerprint density at radius 1 is 0.841 bits per heavy atom. The van der Waals surface area contributed by atoms with Gasteiger partial charge in [0.1, 0.15) is 35.1 Å². The predicted molar refractivity (Wildman–Crippen MR) is 248 cm³/mol. The van der Waals surface area contributed by atoms with Crippen molar-refractivity contribution in [2.45, 2.75) is 76.7 Å². The van der Waals surface area contributed by atoms with Crippen LogP contribution in [0.5, 0.6) is 11.5 Å². The van der Waals surface area contributed by atoms with E-state index < -0.39 is 32.6 Å². The number of rotatable bonds is 21. The quantitative estimate of drug-likeness (QED) is 0.0228. The van der Waals surface area contributed by atoms with Gasteiger partial charge in [0, 0.05) is 52.9 Å². The Morgan fingerprint density at radius 2 is 1.43 bits per heavy atom. The fourth-order valence-electron chi connectivity index (χ4n) is 7.56. The van der Waals surface area contributed by atoms with Crippen molar-refractivity contribution < 1.29 is 28.0 Å². The number of fused-ring (bicyclic) bond motifs is 1. The molecule has 334 valence electrons. The maximum absolute atomic E-state index is 9.47. The summed E-state index contributed by atoms with van der Waals surface area (Å²) in [5.74, 6) is 2.20. The van der Waals surface area contributed by atoms with Crippen LogP contribution < -0.4 is 9.47 Å². The number of methoxy groups -OCH3 is 2. The normalized spacial score (nSPS) is 17.4. The standard InChI is InChI=1S/C47H60N9O6P/c1-33(2)56(34(3)4)63(60-28-14-26-48)62-41-29-43(55-27-25-40-44(49-31-53(5)6)51-46(52-45(40)55)50-32-54(7)8)61-42(41)30-59-47(35-15-12-11-13-16-35,36-17-21-38(57-9)22-18-36)37-19-23-39(58-10)24-20-37/h11-13,15-25,27,31-34,41-43H,14,28-30H2,1-10H3/b49-31+,50-32+/t41-,42+,43+,63?/m0/s1. The van der Waals surface area contributed by atoms with Gasteiger partial charge in [-0.2, -0.15) is 15.2 Å². The van der Waals surface area contributed by atoms with Gasteiger partial charge < -0.3 is 42.4 Å². The number of ether oxygens (including phenoxy) is 4. The largest absolute Gasteiger partial charge is 0.497 e. The van der Waals surface area contributed by atoms with E-state index in [-0.39, 0.29) is 37.7 Å². The van der Waals surface area contributed by atoms with Gasteiger partial charge in [-0.25, -0.2) is 14.7 Å². The highest BCUT2D eigenvalue weighted by molar-refractivity contribution is 7.44. The van der Waals surface area contributed by atoms with Gasteiger partial charge in [-0.15, -0.1) is 0 Å². The fraction of sp³-hybridized carbons (Fsp3) is 0.426. The zero-order valence-electron chi connectivity index (χ0n) is 38.0. The molecule has 4 atom stereocenters. The maximum Gasteiger partial charge on any atom is 0.259 e. The molecule has 0 aliphatic carbocycles. The van der Waals surface area contributed by atoms with Crippen LogP contribution in [0.1, 0.15) is 63.5 Å². The second-order valence-corrected chi connectivity index (χ2v) is 17.5. The average molecular weight is 878 g/mol. The third-order valence-electron chi connectivity index (χ3n) is 10.4. The van der Waals surface area contributed by atoms with Crippen molar-refractivity contribution in [3.63, 3.8) is 0 Å². The van der Waals surface area contributed by atoms with Crippen molar-refractivity contribution in [3.8, 4) is 17.6 Å². The van der Waals surface area contributed by atoms with Gasteiger partial charge >= 0.3 is 0 Å². The van der Waals surface area contributed by atoms with Crippen LogP contribution >= 0.6 is 8.53 Å². The van der Waals surface area contributed by atoms with Gasteiger partial charge in [-0.3, -0.25) is 0 Å². The highest BCUT2D eigenvalue weighted by atomic mass is 31.2. The highest BCUT2D eigenvalue weighted by Crippen LogP contribution is 2.51. The van der Waals surface area contributed by atoms with Gasteiger partial charge in [-0.05, 0) is 74.7 Å². The number of aliphatic imine (C=N–C) groups is 2. The molecule has 3 heterocycles. The van der Waals surface area contributed by atoms with E-state index in [0.29, 0.717) is 17.9 Å². The smallest absolute Gasteiger partial charge is 0.259 e. The first kappa shape index (κ1) is 47.0. The summed E-state index contributed by atoms with van der Waals surface area (Å²) in [5, 5.41) is 10.2. The molecule has 0 bridgehead atoms. The van der Waals surface area contributed by atoms with Gasteiger partial charge in [0.2, 0.25) is 0 Å². The first-order valence-electron chi connectivity index (χ1n) is 21.1. The summed E-state index contributed by atoms with van der Waals surface area (Å²) >= 11 is 0. The summed E-state index contributed by atoms with van der Waals surface area (Å²) in [6, 6.07) is 30.4. The van der Waals surface area contributed by atoms with Crippen LogP contribution in [0.15, 0.2) is 101 Å². The van der Waals surface area contributed by atoms with Crippen LogP contribution in [0.3, 0.4) is 0 Å². The van der Waals surface area contributed by atoms with Crippen molar-refractivity contribution in [1.29, 1.82) is 5.26 Å². The van der Waals surface area contributed by atoms with Gasteiger partial charge in [0.05, 0.1) is 64.1 Å². The maximum atomic E-state index is 9.47. The molecule has 1 aliphatic heterocycles. The van der Waals surface area contributed by atoms with Crippen molar-refractivity contribution in [2.75, 3.05) is 55.6 Å². The molecule has 63 heavy (non-hydrogen) atoms. The Morgan fingerprint density at radius 3 is 1.98 bits per heavy atom. The van der Waals surface area contributed by atoms with Crippen LogP contribution in [0.25, 0.3) is 11.0 Å². The molecule has 1 fully saturated rings. The monoisotopic (exact) mass is 877 g/mol. The fourth-order valence-corrected chi connectivity index (χ4v) is 9.31. The molecule has 2 aromatic heterocycles. The third kappa shape index (κ3) is 11.2. The van der Waals surface area contributed by atoms with Gasteiger partial charge in [-0.1, -0.05) is 54.6 Å². The second-order valence-electron chi connectivity index (χ2n) is 16.1. The van der Waals surface area contributed by atoms with Crippen LogP contribution in [-0.4, -0.2) is 122 Å². The summed E-state index contributed by atoms with van der Waals surface area (Å²) in [4.78, 5) is 22.5. The van der Waals surface area contributed by atoms with Crippen LogP contribution in [-0.2, 0) is 24.1 Å². The molecule has 5 aromatic rings. The molecular weight excluding hydrogens is 818 g/mol.